The highest BCUT2D eigenvalue weighted by Gasteiger charge is 2.18. The van der Waals surface area contributed by atoms with Gasteiger partial charge in [-0.2, -0.15) is 0 Å². The summed E-state index contributed by atoms with van der Waals surface area (Å²) >= 11 is 0. The fourth-order valence-corrected chi connectivity index (χ4v) is 3.02. The van der Waals surface area contributed by atoms with Gasteiger partial charge in [0.2, 0.25) is 11.8 Å². The van der Waals surface area contributed by atoms with Gasteiger partial charge in [-0.15, -0.1) is 0 Å². The Bertz CT molecular complexity index is 321. The van der Waals surface area contributed by atoms with Gasteiger partial charge in [0.1, 0.15) is 0 Å². The zero-order valence-electron chi connectivity index (χ0n) is 12.3. The molecule has 0 atom stereocenters. The van der Waals surface area contributed by atoms with E-state index in [0.29, 0.717) is 12.3 Å². The van der Waals surface area contributed by atoms with Crippen LogP contribution in [0.15, 0.2) is 0 Å². The van der Waals surface area contributed by atoms with E-state index in [1.54, 1.807) is 0 Å². The fraction of sp³-hybridized carbons (Fsp3) is 0.867. The molecule has 0 spiro atoms. The Morgan fingerprint density at radius 1 is 1.10 bits per heavy atom. The summed E-state index contributed by atoms with van der Waals surface area (Å²) in [4.78, 5) is 25.6. The molecule has 0 aromatic rings. The summed E-state index contributed by atoms with van der Waals surface area (Å²) in [6.45, 7) is 4.01. The first-order valence-electron chi connectivity index (χ1n) is 8.01. The van der Waals surface area contributed by atoms with Crippen LogP contribution in [0.3, 0.4) is 0 Å². The van der Waals surface area contributed by atoms with E-state index in [1.807, 2.05) is 4.90 Å². The average Bonchev–Trinajstić information content (AvgIpc) is 2.52. The van der Waals surface area contributed by atoms with E-state index in [4.69, 9.17) is 0 Å². The van der Waals surface area contributed by atoms with E-state index >= 15 is 0 Å². The number of amides is 2. The van der Waals surface area contributed by atoms with E-state index in [-0.39, 0.29) is 18.4 Å². The van der Waals surface area contributed by atoms with E-state index in [1.165, 1.54) is 19.3 Å². The van der Waals surface area contributed by atoms with Gasteiger partial charge in [0.25, 0.3) is 0 Å². The molecule has 2 amide bonds. The lowest BCUT2D eigenvalue weighted by molar-refractivity contribution is -0.133. The summed E-state index contributed by atoms with van der Waals surface area (Å²) in [5, 5.41) is 6.10. The number of piperidine rings is 2. The molecule has 2 aliphatic heterocycles. The van der Waals surface area contributed by atoms with Crippen molar-refractivity contribution in [1.29, 1.82) is 0 Å². The first kappa shape index (κ1) is 15.3. The highest BCUT2D eigenvalue weighted by molar-refractivity contribution is 5.84. The lowest BCUT2D eigenvalue weighted by Gasteiger charge is -2.26. The smallest absolute Gasteiger partial charge is 0.241 e. The van der Waals surface area contributed by atoms with E-state index in [2.05, 4.69) is 10.6 Å². The number of nitrogens with one attached hydrogen (secondary N) is 2. The molecule has 114 valence electrons. The standard InChI is InChI=1S/C15H27N3O2/c19-14(5-4-13-6-8-16-9-7-13)17-12-15(20)18-10-2-1-3-11-18/h13,16H,1-12H2,(H,17,19). The van der Waals surface area contributed by atoms with Crippen LogP contribution in [0.25, 0.3) is 0 Å². The van der Waals surface area contributed by atoms with Gasteiger partial charge < -0.3 is 15.5 Å². The van der Waals surface area contributed by atoms with Gasteiger partial charge in [-0.05, 0) is 57.5 Å². The minimum absolute atomic E-state index is 0.0221. The maximum atomic E-state index is 11.9. The number of carbonyl (C=O) groups excluding carboxylic acids is 2. The molecule has 0 aromatic heterocycles. The van der Waals surface area contributed by atoms with Gasteiger partial charge in [0, 0.05) is 19.5 Å². The van der Waals surface area contributed by atoms with Crippen LogP contribution in [0.5, 0.6) is 0 Å². The van der Waals surface area contributed by atoms with Gasteiger partial charge in [0.15, 0.2) is 0 Å². The lowest BCUT2D eigenvalue weighted by atomic mass is 9.93. The van der Waals surface area contributed by atoms with Gasteiger partial charge in [0.05, 0.1) is 6.54 Å². The molecule has 5 heteroatoms. The summed E-state index contributed by atoms with van der Waals surface area (Å²) in [6, 6.07) is 0. The summed E-state index contributed by atoms with van der Waals surface area (Å²) in [5.41, 5.74) is 0. The van der Waals surface area contributed by atoms with Crippen molar-refractivity contribution in [1.82, 2.24) is 15.5 Å². The highest BCUT2D eigenvalue weighted by Crippen LogP contribution is 2.17. The van der Waals surface area contributed by atoms with Crippen molar-refractivity contribution in [3.8, 4) is 0 Å². The maximum Gasteiger partial charge on any atom is 0.241 e. The normalized spacial score (nSPS) is 20.7. The molecule has 2 N–H and O–H groups in total. The Morgan fingerprint density at radius 3 is 2.50 bits per heavy atom. The zero-order chi connectivity index (χ0) is 14.2. The molecule has 2 heterocycles. The molecule has 20 heavy (non-hydrogen) atoms. The molecule has 0 aromatic carbocycles. The number of hydrogen-bond donors (Lipinski definition) is 2. The first-order chi connectivity index (χ1) is 9.75. The predicted molar refractivity (Wildman–Crippen MR) is 78.3 cm³/mol. The number of rotatable bonds is 5. The molecular weight excluding hydrogens is 254 g/mol. The number of carbonyl (C=O) groups is 2. The van der Waals surface area contributed by atoms with Crippen molar-refractivity contribution >= 4 is 11.8 Å². The van der Waals surface area contributed by atoms with Crippen LogP contribution in [0.2, 0.25) is 0 Å². The fourth-order valence-electron chi connectivity index (χ4n) is 3.02. The Balaban J connectivity index is 1.58. The van der Waals surface area contributed by atoms with E-state index in [9.17, 15) is 9.59 Å². The molecule has 2 aliphatic rings. The second-order valence-electron chi connectivity index (χ2n) is 5.95. The van der Waals surface area contributed by atoms with Gasteiger partial charge >= 0.3 is 0 Å². The molecule has 0 bridgehead atoms. The molecule has 2 rings (SSSR count). The molecule has 2 saturated heterocycles. The summed E-state index contributed by atoms with van der Waals surface area (Å²) < 4.78 is 0. The van der Waals surface area contributed by atoms with Gasteiger partial charge in [-0.25, -0.2) is 0 Å². The first-order valence-corrected chi connectivity index (χ1v) is 8.01. The van der Waals surface area contributed by atoms with Crippen molar-refractivity contribution in [2.45, 2.75) is 44.9 Å². The molecule has 0 unspecified atom stereocenters. The SMILES string of the molecule is O=C(CCC1CCNCC1)NCC(=O)N1CCCCC1. The van der Waals surface area contributed by atoms with Crippen LogP contribution in [-0.4, -0.2) is 49.4 Å². The Labute approximate surface area is 121 Å². The van der Waals surface area contributed by atoms with E-state index in [0.717, 1.165) is 45.4 Å². The van der Waals surface area contributed by atoms with Crippen LogP contribution < -0.4 is 10.6 Å². The summed E-state index contributed by atoms with van der Waals surface area (Å²) in [6.07, 6.45) is 7.24. The van der Waals surface area contributed by atoms with Crippen molar-refractivity contribution in [2.24, 2.45) is 5.92 Å². The third kappa shape index (κ3) is 5.12. The second-order valence-corrected chi connectivity index (χ2v) is 5.95. The van der Waals surface area contributed by atoms with Crippen molar-refractivity contribution in [3.05, 3.63) is 0 Å². The second kappa shape index (κ2) is 8.25. The van der Waals surface area contributed by atoms with Crippen molar-refractivity contribution in [3.63, 3.8) is 0 Å². The highest BCUT2D eigenvalue weighted by atomic mass is 16.2. The Hall–Kier alpha value is -1.10. The number of likely N-dealkylation sites (tertiary alicyclic amines) is 1. The Kier molecular flexibility index (Phi) is 6.30. The number of hydrogen-bond acceptors (Lipinski definition) is 3. The zero-order valence-corrected chi connectivity index (χ0v) is 12.3. The lowest BCUT2D eigenvalue weighted by Crippen LogP contribution is -2.42. The molecule has 2 fully saturated rings. The minimum Gasteiger partial charge on any atom is -0.347 e. The molecule has 5 nitrogen and oxygen atoms in total. The van der Waals surface area contributed by atoms with Crippen LogP contribution >= 0.6 is 0 Å². The van der Waals surface area contributed by atoms with Crippen LogP contribution in [0.4, 0.5) is 0 Å². The van der Waals surface area contributed by atoms with E-state index < -0.39 is 0 Å². The van der Waals surface area contributed by atoms with Crippen molar-refractivity contribution < 1.29 is 9.59 Å². The van der Waals surface area contributed by atoms with Crippen LogP contribution in [0, 0.1) is 5.92 Å². The Morgan fingerprint density at radius 2 is 1.80 bits per heavy atom. The largest absolute Gasteiger partial charge is 0.347 e. The molecule has 0 radical (unpaired) electrons. The quantitative estimate of drug-likeness (QED) is 0.787. The maximum absolute atomic E-state index is 11.9. The molecule has 0 aliphatic carbocycles. The van der Waals surface area contributed by atoms with Gasteiger partial charge in [-0.3, -0.25) is 9.59 Å². The third-order valence-corrected chi connectivity index (χ3v) is 4.38. The average molecular weight is 281 g/mol. The predicted octanol–water partition coefficient (Wildman–Crippen LogP) is 0.895. The number of nitrogens with zero attached hydrogens (tertiary/aromatic N) is 1. The summed E-state index contributed by atoms with van der Waals surface area (Å²) in [5.74, 6) is 0.758. The van der Waals surface area contributed by atoms with Crippen LogP contribution in [-0.2, 0) is 9.59 Å². The van der Waals surface area contributed by atoms with Gasteiger partial charge in [-0.1, -0.05) is 0 Å². The molecule has 0 saturated carbocycles. The van der Waals surface area contributed by atoms with Crippen LogP contribution in [0.1, 0.15) is 44.9 Å². The topological polar surface area (TPSA) is 61.4 Å². The van der Waals surface area contributed by atoms with Crippen molar-refractivity contribution in [2.75, 3.05) is 32.7 Å². The monoisotopic (exact) mass is 281 g/mol. The molecular formula is C15H27N3O2. The summed E-state index contributed by atoms with van der Waals surface area (Å²) in [7, 11) is 0. The third-order valence-electron chi connectivity index (χ3n) is 4.38. The minimum atomic E-state index is 0.0221.